The molecule has 8 unspecified atom stereocenters. The highest BCUT2D eigenvalue weighted by atomic mass is 19.1. The molecule has 3 aliphatic rings. The normalized spacial score (nSPS) is 18.4. The molecular weight excluding hydrogens is 1150 g/mol. The van der Waals surface area contributed by atoms with Crippen molar-refractivity contribution in [2.75, 3.05) is 57.8 Å². The van der Waals surface area contributed by atoms with Crippen LogP contribution >= 0.6 is 0 Å². The molecule has 3 aliphatic heterocycles. The Bertz CT molecular complexity index is 3040. The number of unbranched alkanes of at least 4 members (excludes halogenated alkanes) is 2. The monoisotopic (exact) mass is 1240 g/mol. The van der Waals surface area contributed by atoms with Crippen LogP contribution in [0.1, 0.15) is 120 Å². The molecule has 23 nitrogen and oxygen atoms in total. The highest BCUT2D eigenvalue weighted by molar-refractivity contribution is 5.98. The number of esters is 1. The number of anilines is 1. The van der Waals surface area contributed by atoms with Crippen LogP contribution in [-0.4, -0.2) is 156 Å². The minimum atomic E-state index is -1.41. The number of primary amides is 1. The number of imidazole rings is 1. The number of nitrogens with zero attached hydrogens (tertiary/aromatic N) is 4. The van der Waals surface area contributed by atoms with E-state index >= 15 is 13.6 Å². The molecule has 0 spiro atoms. The van der Waals surface area contributed by atoms with E-state index in [9.17, 15) is 33.6 Å². The predicted molar refractivity (Wildman–Crippen MR) is 328 cm³/mol. The number of carbonyl (C=O) groups is 8. The molecule has 89 heavy (non-hydrogen) atoms. The number of likely N-dealkylation sites (tertiary alicyclic amines) is 1. The molecule has 3 aromatic carbocycles. The first-order valence-corrected chi connectivity index (χ1v) is 31.0. The summed E-state index contributed by atoms with van der Waals surface area (Å²) >= 11 is 0. The first kappa shape index (κ1) is 68.5. The predicted octanol–water partition coefficient (Wildman–Crippen LogP) is 5.67. The Morgan fingerprint density at radius 2 is 1.61 bits per heavy atom. The van der Waals surface area contributed by atoms with Gasteiger partial charge in [-0.15, -0.1) is 0 Å². The first-order valence-electron chi connectivity index (χ1n) is 31.0. The number of nitrogens with one attached hydrogen (secondary N) is 6. The van der Waals surface area contributed by atoms with Crippen LogP contribution in [-0.2, 0) is 56.1 Å². The van der Waals surface area contributed by atoms with Gasteiger partial charge in [-0.1, -0.05) is 74.4 Å². The van der Waals surface area contributed by atoms with Gasteiger partial charge >= 0.3 is 18.1 Å². The minimum Gasteiger partial charge on any atom is -0.451 e. The summed E-state index contributed by atoms with van der Waals surface area (Å²) < 4.78 is 50.6. The third-order valence-electron chi connectivity index (χ3n) is 16.4. The molecule has 8 amide bonds. The van der Waals surface area contributed by atoms with Gasteiger partial charge in [0.1, 0.15) is 48.6 Å². The number of aryl methyl sites for hydroxylation is 1. The number of hydrogen-bond acceptors (Lipinski definition) is 14. The maximum Gasteiger partial charge on any atom is 0.408 e. The van der Waals surface area contributed by atoms with Crippen molar-refractivity contribution in [1.29, 1.82) is 0 Å². The number of ether oxygens (including phenoxy) is 3. The highest BCUT2D eigenvalue weighted by Crippen LogP contribution is 2.39. The van der Waals surface area contributed by atoms with Gasteiger partial charge in [-0.3, -0.25) is 24.0 Å². The second kappa shape index (κ2) is 33.5. The number of alkyl halides is 1. The molecule has 3 saturated heterocycles. The van der Waals surface area contributed by atoms with Gasteiger partial charge in [-0.25, -0.2) is 28.1 Å². The molecule has 3 fully saturated rings. The molecule has 0 radical (unpaired) electrons. The number of benzene rings is 3. The molecule has 10 N–H and O–H groups in total. The van der Waals surface area contributed by atoms with E-state index in [1.54, 1.807) is 61.3 Å². The lowest BCUT2D eigenvalue weighted by atomic mass is 9.88. The number of carbonyl (C=O) groups excluding carboxylic acids is 8. The molecule has 4 heterocycles. The SMILES string of the molecule is Cc1ccc(F)c(-c2cn(Cc3ccccc3)c(C(C3CCOCC3)N(CC3CNCC3F)C(=O)C(C)OC(=O)C3CCCN3C(=O)C(C)NC(=O)OCc3ccc(NC(=O)C(CCCNC(N)=O)NC(=O)C(NC(=O)CCCCCN)C(C)C)cc3)n2)c1. The average Bonchev–Trinajstić information content (AvgIpc) is 1.90. The van der Waals surface area contributed by atoms with Gasteiger partial charge in [0.05, 0.1) is 11.7 Å². The molecule has 1 aromatic heterocycles. The van der Waals surface area contributed by atoms with Gasteiger partial charge in [0, 0.05) is 82.3 Å². The Morgan fingerprint density at radius 1 is 0.865 bits per heavy atom. The Labute approximate surface area is 518 Å². The lowest BCUT2D eigenvalue weighted by Crippen LogP contribution is -2.54. The second-order valence-electron chi connectivity index (χ2n) is 23.7. The third-order valence-corrected chi connectivity index (χ3v) is 16.4. The Balaban J connectivity index is 0.981. The number of urea groups is 1. The molecule has 7 rings (SSSR count). The second-order valence-corrected chi connectivity index (χ2v) is 23.7. The smallest absolute Gasteiger partial charge is 0.408 e. The fourth-order valence-corrected chi connectivity index (χ4v) is 11.5. The van der Waals surface area contributed by atoms with E-state index in [-0.39, 0.29) is 81.8 Å². The van der Waals surface area contributed by atoms with Gasteiger partial charge in [0.2, 0.25) is 23.6 Å². The Morgan fingerprint density at radius 3 is 2.29 bits per heavy atom. The fourth-order valence-electron chi connectivity index (χ4n) is 11.5. The standard InChI is InChI=1S/C64H88F2N12O11/c1-39(2)55(75-54(79)18-10-7-11-27-67)59(81)74-51(16-12-28-70-63(68)85)58(80)72-47-22-20-44(21-23-47)38-88-64(86)71-41(4)60(82)77-29-13-17-53(77)62(84)89-42(5)61(83)78(36-46-33-69-34-50(46)66)56(45-25-30-87-31-26-45)57-73-52(48-32-40(3)19-24-49(48)65)37-76(57)35-43-14-8-6-9-15-43/h6,8-9,14-15,19-24,32,37,39,41-42,45-46,50-51,53,55-56,69H,7,10-13,16-18,25-31,33-36,38,67H2,1-5H3,(H,71,86)(H,72,80)(H,74,81)(H,75,79)(H3,68,70,85). The maximum atomic E-state index is 15.7. The maximum absolute atomic E-state index is 15.7. The largest absolute Gasteiger partial charge is 0.451 e. The van der Waals surface area contributed by atoms with Crippen LogP contribution in [0.5, 0.6) is 0 Å². The van der Waals surface area contributed by atoms with Gasteiger partial charge in [-0.05, 0) is 126 Å². The van der Waals surface area contributed by atoms with Crippen LogP contribution in [0.3, 0.4) is 0 Å². The van der Waals surface area contributed by atoms with Crippen LogP contribution in [0, 0.1) is 30.5 Å². The van der Waals surface area contributed by atoms with E-state index in [1.807, 2.05) is 41.8 Å². The summed E-state index contributed by atoms with van der Waals surface area (Å²) in [5, 5.41) is 16.4. The van der Waals surface area contributed by atoms with Crippen LogP contribution in [0.15, 0.2) is 79.0 Å². The summed E-state index contributed by atoms with van der Waals surface area (Å²) in [6, 6.07) is 15.0. The zero-order chi connectivity index (χ0) is 64.1. The summed E-state index contributed by atoms with van der Waals surface area (Å²) in [5.74, 6) is -4.60. The lowest BCUT2D eigenvalue weighted by molar-refractivity contribution is -0.166. The number of nitrogens with two attached hydrogens (primary N) is 2. The van der Waals surface area contributed by atoms with E-state index < -0.39 is 95.9 Å². The van der Waals surface area contributed by atoms with E-state index in [0.717, 1.165) is 24.0 Å². The van der Waals surface area contributed by atoms with E-state index in [1.165, 1.54) is 24.8 Å². The number of halogens is 2. The van der Waals surface area contributed by atoms with Crippen molar-refractivity contribution in [3.8, 4) is 11.3 Å². The van der Waals surface area contributed by atoms with Crippen molar-refractivity contribution in [3.05, 3.63) is 107 Å². The molecular formula is C64H88F2N12O11. The first-order chi connectivity index (χ1) is 42.7. The lowest BCUT2D eigenvalue weighted by Gasteiger charge is -2.41. The third kappa shape index (κ3) is 19.7. The fraction of sp³-hybridized carbons (Fsp3) is 0.547. The van der Waals surface area contributed by atoms with E-state index in [0.29, 0.717) is 81.3 Å². The summed E-state index contributed by atoms with van der Waals surface area (Å²) in [6.45, 7) is 10.4. The van der Waals surface area contributed by atoms with Crippen LogP contribution in [0.2, 0.25) is 0 Å². The number of aromatic nitrogens is 2. The molecule has 0 bridgehead atoms. The molecule has 25 heteroatoms. The number of rotatable bonds is 30. The van der Waals surface area contributed by atoms with Crippen LogP contribution < -0.4 is 43.4 Å². The summed E-state index contributed by atoms with van der Waals surface area (Å²) in [6.07, 6.45) is 2.65. The van der Waals surface area contributed by atoms with Gasteiger partial charge in [-0.2, -0.15) is 0 Å². The van der Waals surface area contributed by atoms with E-state index in [2.05, 4.69) is 31.9 Å². The molecule has 8 atom stereocenters. The molecule has 0 saturated carbocycles. The quantitative estimate of drug-likeness (QED) is 0.0231. The Hall–Kier alpha value is -8.03. The average molecular weight is 1240 g/mol. The topological polar surface area (TPSA) is 313 Å². The zero-order valence-electron chi connectivity index (χ0n) is 51.6. The van der Waals surface area contributed by atoms with Crippen molar-refractivity contribution in [1.82, 2.24) is 45.9 Å². The van der Waals surface area contributed by atoms with Crippen molar-refractivity contribution in [2.45, 2.75) is 154 Å². The van der Waals surface area contributed by atoms with Crippen molar-refractivity contribution >= 4 is 53.3 Å². The molecule has 484 valence electrons. The highest BCUT2D eigenvalue weighted by Gasteiger charge is 2.44. The Kier molecular flexibility index (Phi) is 25.8. The van der Waals surface area contributed by atoms with Gasteiger partial charge in [0.25, 0.3) is 5.91 Å². The van der Waals surface area contributed by atoms with Crippen molar-refractivity contribution < 1.29 is 61.3 Å². The van der Waals surface area contributed by atoms with Crippen molar-refractivity contribution in [2.24, 2.45) is 29.2 Å². The summed E-state index contributed by atoms with van der Waals surface area (Å²) in [7, 11) is 0. The number of amides is 8. The number of hydrogen-bond donors (Lipinski definition) is 8. The number of alkyl carbamates (subject to hydrolysis) is 1. The summed E-state index contributed by atoms with van der Waals surface area (Å²) in [4.78, 5) is 116. The van der Waals surface area contributed by atoms with Crippen LogP contribution in [0.25, 0.3) is 11.3 Å². The van der Waals surface area contributed by atoms with Crippen molar-refractivity contribution in [3.63, 3.8) is 0 Å². The van der Waals surface area contributed by atoms with E-state index in [4.69, 9.17) is 30.7 Å². The zero-order valence-corrected chi connectivity index (χ0v) is 51.6. The van der Waals surface area contributed by atoms with Gasteiger partial charge in [0.15, 0.2) is 6.10 Å². The van der Waals surface area contributed by atoms with Gasteiger partial charge < -0.3 is 71.9 Å². The summed E-state index contributed by atoms with van der Waals surface area (Å²) in [5.41, 5.74) is 14.0. The molecule has 4 aromatic rings. The van der Waals surface area contributed by atoms with Crippen LogP contribution in [0.4, 0.5) is 24.1 Å². The molecule has 0 aliphatic carbocycles. The minimum absolute atomic E-state index is 0.0509.